The number of nitrogens with zero attached hydrogens (tertiary/aromatic N) is 4. The number of halogens is 2. The third-order valence-electron chi connectivity index (χ3n) is 6.75. The summed E-state index contributed by atoms with van der Waals surface area (Å²) in [6, 6.07) is 11.3. The molecule has 3 aromatic heterocycles. The predicted molar refractivity (Wildman–Crippen MR) is 138 cm³/mol. The number of carbonyl (C=O) groups is 1. The lowest BCUT2D eigenvalue weighted by Gasteiger charge is -2.29. The molecule has 1 aliphatic rings. The van der Waals surface area contributed by atoms with Gasteiger partial charge < -0.3 is 5.32 Å². The van der Waals surface area contributed by atoms with Crippen LogP contribution in [0.5, 0.6) is 0 Å². The lowest BCUT2D eigenvalue weighted by atomic mass is 9.85. The molecule has 0 saturated heterocycles. The second kappa shape index (κ2) is 9.84. The Hall–Kier alpha value is -3.16. The molecule has 1 fully saturated rings. The van der Waals surface area contributed by atoms with Gasteiger partial charge in [0, 0.05) is 31.2 Å². The zero-order valence-electron chi connectivity index (χ0n) is 19.2. The molecular weight excluding hydrogens is 485 g/mol. The zero-order valence-corrected chi connectivity index (χ0v) is 20.8. The summed E-state index contributed by atoms with van der Waals surface area (Å²) in [5, 5.41) is 4.01. The van der Waals surface area contributed by atoms with Gasteiger partial charge in [0.2, 0.25) is 0 Å². The second-order valence-electron chi connectivity index (χ2n) is 9.02. The van der Waals surface area contributed by atoms with Crippen LogP contribution in [0.15, 0.2) is 59.8 Å². The summed E-state index contributed by atoms with van der Waals surface area (Å²) in [7, 11) is 0. The van der Waals surface area contributed by atoms with E-state index in [0.29, 0.717) is 39.5 Å². The van der Waals surface area contributed by atoms with Crippen LogP contribution in [0, 0.1) is 12.8 Å². The highest BCUT2D eigenvalue weighted by Crippen LogP contribution is 2.28. The maximum atomic E-state index is 13.5. The molecule has 0 bridgehead atoms. The monoisotopic (exact) mass is 509 g/mol. The molecule has 9 heteroatoms. The minimum absolute atomic E-state index is 0.0887. The molecule has 1 aromatic carbocycles. The summed E-state index contributed by atoms with van der Waals surface area (Å²) in [6.07, 6.45) is 8.27. The van der Waals surface area contributed by atoms with Crippen molar-refractivity contribution >= 4 is 40.1 Å². The van der Waals surface area contributed by atoms with Gasteiger partial charge in [-0.2, -0.15) is 0 Å². The van der Waals surface area contributed by atoms with Gasteiger partial charge in [0.05, 0.1) is 38.0 Å². The van der Waals surface area contributed by atoms with Gasteiger partial charge in [0.25, 0.3) is 5.91 Å². The Labute approximate surface area is 212 Å². The highest BCUT2D eigenvalue weighted by molar-refractivity contribution is 6.32. The van der Waals surface area contributed by atoms with E-state index in [1.807, 2.05) is 28.8 Å². The second-order valence-corrected chi connectivity index (χ2v) is 9.87. The van der Waals surface area contributed by atoms with E-state index in [1.165, 1.54) is 0 Å². The van der Waals surface area contributed by atoms with Gasteiger partial charge in [0.1, 0.15) is 0 Å². The van der Waals surface area contributed by atoms with E-state index in [-0.39, 0.29) is 17.6 Å². The molecular formula is C26H25Cl2N5O2. The number of rotatable bonds is 5. The zero-order chi connectivity index (χ0) is 24.5. The predicted octanol–water partition coefficient (Wildman–Crippen LogP) is 5.19. The number of hydrogen-bond donors (Lipinski definition) is 1. The van der Waals surface area contributed by atoms with E-state index in [2.05, 4.69) is 15.3 Å². The van der Waals surface area contributed by atoms with E-state index < -0.39 is 0 Å². The van der Waals surface area contributed by atoms with Crippen LogP contribution in [0.1, 0.15) is 41.7 Å². The van der Waals surface area contributed by atoms with Crippen LogP contribution in [0.3, 0.4) is 0 Å². The molecule has 0 aliphatic heterocycles. The summed E-state index contributed by atoms with van der Waals surface area (Å²) in [4.78, 5) is 34.5. The summed E-state index contributed by atoms with van der Waals surface area (Å²) in [6.45, 7) is 2.42. The van der Waals surface area contributed by atoms with E-state index in [9.17, 15) is 9.59 Å². The van der Waals surface area contributed by atoms with Crippen LogP contribution < -0.4 is 11.0 Å². The Morgan fingerprint density at radius 1 is 1.09 bits per heavy atom. The third kappa shape index (κ3) is 4.70. The Bertz CT molecular complexity index is 1450. The van der Waals surface area contributed by atoms with Crippen LogP contribution in [0.4, 0.5) is 0 Å². The van der Waals surface area contributed by atoms with Crippen molar-refractivity contribution < 1.29 is 4.79 Å². The number of nitrogens with one attached hydrogen (secondary N) is 1. The van der Waals surface area contributed by atoms with Gasteiger partial charge in [-0.3, -0.25) is 23.9 Å². The molecule has 3 heterocycles. The van der Waals surface area contributed by atoms with Gasteiger partial charge in [-0.05, 0) is 62.8 Å². The molecule has 0 atom stereocenters. The van der Waals surface area contributed by atoms with Crippen molar-refractivity contribution in [1.82, 2.24) is 24.4 Å². The number of fused-ring (bicyclic) bond motifs is 1. The van der Waals surface area contributed by atoms with Crippen molar-refractivity contribution in [1.29, 1.82) is 0 Å². The van der Waals surface area contributed by atoms with E-state index in [4.69, 9.17) is 23.2 Å². The largest absolute Gasteiger partial charge is 0.349 e. The van der Waals surface area contributed by atoms with Gasteiger partial charge in [-0.1, -0.05) is 35.3 Å². The lowest BCUT2D eigenvalue weighted by Crippen LogP contribution is -2.39. The molecule has 180 valence electrons. The number of aryl methyl sites for hydroxylation is 1. The van der Waals surface area contributed by atoms with Crippen LogP contribution in [-0.4, -0.2) is 31.1 Å². The number of aromatic nitrogens is 4. The van der Waals surface area contributed by atoms with E-state index in [0.717, 1.165) is 36.7 Å². The van der Waals surface area contributed by atoms with Crippen LogP contribution >= 0.6 is 23.2 Å². The fourth-order valence-corrected chi connectivity index (χ4v) is 5.28. The van der Waals surface area contributed by atoms with Gasteiger partial charge in [-0.15, -0.1) is 0 Å². The molecule has 1 N–H and O–H groups in total. The molecule has 5 rings (SSSR count). The molecule has 1 amide bonds. The fourth-order valence-electron chi connectivity index (χ4n) is 4.91. The van der Waals surface area contributed by atoms with Gasteiger partial charge in [0.15, 0.2) is 0 Å². The summed E-state index contributed by atoms with van der Waals surface area (Å²) < 4.78 is 3.50. The first-order valence-electron chi connectivity index (χ1n) is 11.7. The Morgan fingerprint density at radius 2 is 1.83 bits per heavy atom. The van der Waals surface area contributed by atoms with E-state index in [1.54, 1.807) is 42.2 Å². The normalized spacial score (nSPS) is 18.0. The van der Waals surface area contributed by atoms with Crippen LogP contribution in [0.25, 0.3) is 16.7 Å². The quantitative estimate of drug-likeness (QED) is 0.401. The van der Waals surface area contributed by atoms with Crippen molar-refractivity contribution in [2.75, 3.05) is 0 Å². The first-order chi connectivity index (χ1) is 16.9. The third-order valence-corrected chi connectivity index (χ3v) is 7.25. The van der Waals surface area contributed by atoms with Crippen LogP contribution in [-0.2, 0) is 6.54 Å². The van der Waals surface area contributed by atoms with E-state index >= 15 is 0 Å². The highest BCUT2D eigenvalue weighted by atomic mass is 35.5. The number of amides is 1. The van der Waals surface area contributed by atoms with Crippen molar-refractivity contribution in [2.24, 2.45) is 5.92 Å². The number of para-hydroxylation sites is 2. The number of imidazole rings is 1. The minimum atomic E-state index is -0.144. The smallest absolute Gasteiger partial charge is 0.333 e. The molecule has 1 saturated carbocycles. The number of hydrogen-bond acceptors (Lipinski definition) is 4. The van der Waals surface area contributed by atoms with Crippen LogP contribution in [0.2, 0.25) is 10.0 Å². The fraction of sp³-hybridized carbons (Fsp3) is 0.308. The molecule has 7 nitrogen and oxygen atoms in total. The summed E-state index contributed by atoms with van der Waals surface area (Å²) >= 11 is 12.4. The van der Waals surface area contributed by atoms with Crippen molar-refractivity contribution in [2.45, 2.75) is 45.2 Å². The van der Waals surface area contributed by atoms with Gasteiger partial charge in [-0.25, -0.2) is 4.79 Å². The lowest BCUT2D eigenvalue weighted by molar-refractivity contribution is 0.0919. The summed E-state index contributed by atoms with van der Waals surface area (Å²) in [5.41, 5.74) is 3.37. The average Bonchev–Trinajstić information content (AvgIpc) is 3.13. The molecule has 0 spiro atoms. The SMILES string of the molecule is Cc1ncc(Cl)cc1C(=O)NC1CCC(Cn2c(=O)n(-c3ccncc3Cl)c3ccccc32)CC1. The van der Waals surface area contributed by atoms with Gasteiger partial charge >= 0.3 is 5.69 Å². The number of benzene rings is 1. The van der Waals surface area contributed by atoms with Crippen molar-refractivity contribution in [3.63, 3.8) is 0 Å². The maximum absolute atomic E-state index is 13.5. The number of carbonyl (C=O) groups excluding carboxylic acids is 1. The van der Waals surface area contributed by atoms with Crippen molar-refractivity contribution in [3.8, 4) is 5.69 Å². The Balaban J connectivity index is 1.31. The molecule has 0 unspecified atom stereocenters. The first kappa shape index (κ1) is 23.6. The topological polar surface area (TPSA) is 81.8 Å². The summed E-state index contributed by atoms with van der Waals surface area (Å²) in [5.74, 6) is 0.192. The minimum Gasteiger partial charge on any atom is -0.349 e. The molecule has 1 aliphatic carbocycles. The molecule has 35 heavy (non-hydrogen) atoms. The average molecular weight is 510 g/mol. The standard InChI is InChI=1S/C26H25Cl2N5O2/c1-16-20(12-18(27)13-30-16)25(34)31-19-8-6-17(7-9-19)15-32-23-4-2-3-5-24(23)33(26(32)35)22-10-11-29-14-21(22)28/h2-5,10-14,17,19H,6-9,15H2,1H3,(H,31,34). The first-order valence-corrected chi connectivity index (χ1v) is 12.4. The number of pyridine rings is 2. The molecule has 0 radical (unpaired) electrons. The maximum Gasteiger partial charge on any atom is 0.333 e. The van der Waals surface area contributed by atoms with Crippen molar-refractivity contribution in [3.05, 3.63) is 86.8 Å². The highest BCUT2D eigenvalue weighted by Gasteiger charge is 2.26. The Morgan fingerprint density at radius 3 is 2.57 bits per heavy atom. The molecule has 4 aromatic rings. The Kier molecular flexibility index (Phi) is 6.62.